The Labute approximate surface area is 85.5 Å². The average Bonchev–Trinajstić information content (AvgIpc) is 2.65. The van der Waals surface area contributed by atoms with Gasteiger partial charge in [0.05, 0.1) is 19.5 Å². The highest BCUT2D eigenvalue weighted by atomic mass is 19.1. The first-order valence-corrected chi connectivity index (χ1v) is 4.26. The highest BCUT2D eigenvalue weighted by Crippen LogP contribution is 2.20. The van der Waals surface area contributed by atoms with Crippen molar-refractivity contribution >= 4 is 0 Å². The molecule has 0 radical (unpaired) electrons. The van der Waals surface area contributed by atoms with Crippen LogP contribution in [0.5, 0.6) is 6.01 Å². The predicted molar refractivity (Wildman–Crippen MR) is 50.7 cm³/mol. The Balaban J connectivity index is 2.51. The Morgan fingerprint density at radius 3 is 2.80 bits per heavy atom. The summed E-state index contributed by atoms with van der Waals surface area (Å²) < 4.78 is 19.8. The molecule has 6 heteroatoms. The lowest BCUT2D eigenvalue weighted by Gasteiger charge is -2.01. The molecule has 0 fully saturated rings. The number of ether oxygens (including phenoxy) is 1. The Kier molecular flexibility index (Phi) is 2.32. The smallest absolute Gasteiger partial charge is 0.316 e. The molecule has 0 bridgehead atoms. The number of hydrogen-bond acceptors (Lipinski definition) is 4. The van der Waals surface area contributed by atoms with Crippen LogP contribution >= 0.6 is 0 Å². The van der Waals surface area contributed by atoms with Gasteiger partial charge in [-0.25, -0.2) is 9.37 Å². The maximum Gasteiger partial charge on any atom is 0.316 e. The zero-order valence-corrected chi connectivity index (χ0v) is 8.31. The van der Waals surface area contributed by atoms with Gasteiger partial charge in [0.2, 0.25) is 0 Å². The van der Waals surface area contributed by atoms with Crippen molar-refractivity contribution in [3.8, 4) is 17.3 Å². The predicted octanol–water partition coefficient (Wildman–Crippen LogP) is 1.02. The zero-order valence-electron chi connectivity index (χ0n) is 8.31. The van der Waals surface area contributed by atoms with Crippen molar-refractivity contribution in [2.24, 2.45) is 7.05 Å². The van der Waals surface area contributed by atoms with Gasteiger partial charge in [-0.05, 0) is 0 Å². The van der Waals surface area contributed by atoms with E-state index in [1.165, 1.54) is 13.3 Å². The summed E-state index contributed by atoms with van der Waals surface area (Å²) in [5, 5.41) is 3.94. The Hall–Kier alpha value is -1.98. The monoisotopic (exact) mass is 208 g/mol. The van der Waals surface area contributed by atoms with Crippen LogP contribution in [0.2, 0.25) is 0 Å². The molecule has 0 atom stereocenters. The fourth-order valence-electron chi connectivity index (χ4n) is 1.20. The van der Waals surface area contributed by atoms with E-state index in [0.29, 0.717) is 5.56 Å². The fourth-order valence-corrected chi connectivity index (χ4v) is 1.20. The van der Waals surface area contributed by atoms with E-state index in [0.717, 1.165) is 6.20 Å². The van der Waals surface area contributed by atoms with Crippen molar-refractivity contribution in [3.63, 3.8) is 0 Å². The average molecular weight is 208 g/mol. The number of methoxy groups -OCH3 is 1. The minimum absolute atomic E-state index is 0.134. The molecule has 0 N–H and O–H groups in total. The Morgan fingerprint density at radius 1 is 1.40 bits per heavy atom. The summed E-state index contributed by atoms with van der Waals surface area (Å²) in [7, 11) is 3.18. The van der Waals surface area contributed by atoms with E-state index in [9.17, 15) is 4.39 Å². The van der Waals surface area contributed by atoms with Gasteiger partial charge in [-0.1, -0.05) is 0 Å². The molecule has 2 rings (SSSR count). The van der Waals surface area contributed by atoms with E-state index in [-0.39, 0.29) is 11.7 Å². The fraction of sp³-hybridized carbons (Fsp3) is 0.222. The van der Waals surface area contributed by atoms with Crippen molar-refractivity contribution in [2.45, 2.75) is 0 Å². The summed E-state index contributed by atoms with van der Waals surface area (Å²) in [5.74, 6) is -0.496. The van der Waals surface area contributed by atoms with Gasteiger partial charge in [-0.3, -0.25) is 4.68 Å². The Bertz CT molecular complexity index is 483. The maximum absolute atomic E-state index is 13.4. The minimum atomic E-state index is -0.496. The topological polar surface area (TPSA) is 52.8 Å². The van der Waals surface area contributed by atoms with Crippen LogP contribution in [0, 0.1) is 5.82 Å². The van der Waals surface area contributed by atoms with Crippen LogP contribution in [0.1, 0.15) is 0 Å². The number of hydrogen-bond donors (Lipinski definition) is 0. The van der Waals surface area contributed by atoms with E-state index < -0.39 is 5.82 Å². The zero-order chi connectivity index (χ0) is 10.8. The summed E-state index contributed by atoms with van der Waals surface area (Å²) in [6.07, 6.45) is 4.28. The second kappa shape index (κ2) is 3.64. The van der Waals surface area contributed by atoms with Gasteiger partial charge < -0.3 is 4.74 Å². The number of rotatable bonds is 2. The first kappa shape index (κ1) is 9.57. The maximum atomic E-state index is 13.4. The molecule has 0 saturated carbocycles. The largest absolute Gasteiger partial charge is 0.467 e. The van der Waals surface area contributed by atoms with Crippen molar-refractivity contribution in [2.75, 3.05) is 7.11 Å². The van der Waals surface area contributed by atoms with Gasteiger partial charge >= 0.3 is 6.01 Å². The molecule has 0 spiro atoms. The lowest BCUT2D eigenvalue weighted by molar-refractivity contribution is 0.377. The van der Waals surface area contributed by atoms with Gasteiger partial charge in [-0.2, -0.15) is 10.1 Å². The van der Waals surface area contributed by atoms with Crippen LogP contribution < -0.4 is 4.74 Å². The van der Waals surface area contributed by atoms with Crippen LogP contribution in [0.15, 0.2) is 18.6 Å². The molecule has 5 nitrogen and oxygen atoms in total. The van der Waals surface area contributed by atoms with Gasteiger partial charge in [0.1, 0.15) is 5.69 Å². The quantitative estimate of drug-likeness (QED) is 0.739. The minimum Gasteiger partial charge on any atom is -0.467 e. The van der Waals surface area contributed by atoms with Crippen LogP contribution in [-0.4, -0.2) is 26.9 Å². The van der Waals surface area contributed by atoms with Crippen molar-refractivity contribution < 1.29 is 9.13 Å². The van der Waals surface area contributed by atoms with Gasteiger partial charge in [-0.15, -0.1) is 0 Å². The molecule has 78 valence electrons. The molecule has 0 amide bonds. The van der Waals surface area contributed by atoms with E-state index in [1.54, 1.807) is 17.9 Å². The molecular weight excluding hydrogens is 199 g/mol. The Morgan fingerprint density at radius 2 is 2.20 bits per heavy atom. The summed E-state index contributed by atoms with van der Waals surface area (Å²) in [6.45, 7) is 0. The van der Waals surface area contributed by atoms with Crippen LogP contribution in [0.4, 0.5) is 4.39 Å². The second-order valence-corrected chi connectivity index (χ2v) is 2.96. The highest BCUT2D eigenvalue weighted by Gasteiger charge is 2.10. The number of aryl methyl sites for hydroxylation is 1. The molecule has 2 heterocycles. The third kappa shape index (κ3) is 1.78. The highest BCUT2D eigenvalue weighted by molar-refractivity contribution is 5.57. The van der Waals surface area contributed by atoms with Gasteiger partial charge in [0.15, 0.2) is 5.82 Å². The summed E-state index contributed by atoms with van der Waals surface area (Å²) >= 11 is 0. The van der Waals surface area contributed by atoms with Crippen molar-refractivity contribution in [1.29, 1.82) is 0 Å². The first-order valence-electron chi connectivity index (χ1n) is 4.26. The summed E-state index contributed by atoms with van der Waals surface area (Å²) in [6, 6.07) is 0.134. The first-order chi connectivity index (χ1) is 7.20. The van der Waals surface area contributed by atoms with Crippen molar-refractivity contribution in [3.05, 3.63) is 24.4 Å². The van der Waals surface area contributed by atoms with E-state index in [4.69, 9.17) is 4.74 Å². The summed E-state index contributed by atoms with van der Waals surface area (Å²) in [4.78, 5) is 7.57. The van der Waals surface area contributed by atoms with E-state index in [1.807, 2.05) is 0 Å². The van der Waals surface area contributed by atoms with Crippen LogP contribution in [-0.2, 0) is 7.05 Å². The second-order valence-electron chi connectivity index (χ2n) is 2.96. The molecule has 0 aromatic carbocycles. The van der Waals surface area contributed by atoms with Gasteiger partial charge in [0.25, 0.3) is 0 Å². The van der Waals surface area contributed by atoms with E-state index in [2.05, 4.69) is 15.1 Å². The van der Waals surface area contributed by atoms with Crippen LogP contribution in [0.3, 0.4) is 0 Å². The third-order valence-corrected chi connectivity index (χ3v) is 1.88. The molecule has 15 heavy (non-hydrogen) atoms. The lowest BCUT2D eigenvalue weighted by Crippen LogP contribution is -1.96. The van der Waals surface area contributed by atoms with Gasteiger partial charge in [0, 0.05) is 18.8 Å². The van der Waals surface area contributed by atoms with Crippen LogP contribution in [0.25, 0.3) is 11.3 Å². The molecule has 0 aliphatic carbocycles. The van der Waals surface area contributed by atoms with E-state index >= 15 is 0 Å². The number of nitrogens with zero attached hydrogens (tertiary/aromatic N) is 4. The molecular formula is C9H9FN4O. The SMILES string of the molecule is COc1ncc(F)c(-c2cnn(C)c2)n1. The number of halogens is 1. The normalized spacial score (nSPS) is 10.3. The van der Waals surface area contributed by atoms with Crippen molar-refractivity contribution in [1.82, 2.24) is 19.7 Å². The molecule has 0 aliphatic heterocycles. The lowest BCUT2D eigenvalue weighted by atomic mass is 10.2. The molecule has 0 aliphatic rings. The standard InChI is InChI=1S/C9H9FN4O/c1-14-5-6(3-12-14)8-7(10)4-11-9(13-8)15-2/h3-5H,1-2H3. The number of aromatic nitrogens is 4. The molecule has 0 saturated heterocycles. The molecule has 2 aromatic heterocycles. The molecule has 0 unspecified atom stereocenters. The summed E-state index contributed by atoms with van der Waals surface area (Å²) in [5.41, 5.74) is 0.783. The third-order valence-electron chi connectivity index (χ3n) is 1.88. The molecule has 2 aromatic rings.